The smallest absolute Gasteiger partial charge is 0.503 e. The maximum absolute atomic E-state index is 6.06. The Bertz CT molecular complexity index is 1610. The van der Waals surface area contributed by atoms with Crippen LogP contribution in [0.3, 0.4) is 0 Å². The molecule has 0 spiro atoms. The molecule has 0 radical (unpaired) electrons. The van der Waals surface area contributed by atoms with E-state index < -0.39 is 0 Å². The van der Waals surface area contributed by atoms with Gasteiger partial charge in [0.15, 0.2) is 0 Å². The third-order valence-electron chi connectivity index (χ3n) is 5.18. The number of aromatic nitrogens is 4. The predicted molar refractivity (Wildman–Crippen MR) is 121 cm³/mol. The molecule has 0 saturated carbocycles. The summed E-state index contributed by atoms with van der Waals surface area (Å²) >= 11 is 0. The number of fused-ring (bicyclic) bond motifs is 6. The second-order valence-electron chi connectivity index (χ2n) is 7.38. The fourth-order valence-electron chi connectivity index (χ4n) is 3.75. The molecule has 3 heterocycles. The van der Waals surface area contributed by atoms with E-state index in [2.05, 4.69) is 33.3 Å². The van der Waals surface area contributed by atoms with Gasteiger partial charge in [-0.25, -0.2) is 4.98 Å². The SMILES string of the molecule is Cc1ccnc(Oc2[c-]c(Oc3[c-]c4c(cc3)c3ccccc3n3ncnc43)ccc2)c1.[Pt+2]. The van der Waals surface area contributed by atoms with Crippen LogP contribution in [0, 0.1) is 19.1 Å². The number of pyridine rings is 2. The van der Waals surface area contributed by atoms with Crippen LogP contribution in [-0.4, -0.2) is 19.6 Å². The number of benzene rings is 3. The molecule has 33 heavy (non-hydrogen) atoms. The Morgan fingerprint density at radius 2 is 1.61 bits per heavy atom. The monoisotopic (exact) mass is 611 g/mol. The zero-order valence-corrected chi connectivity index (χ0v) is 19.7. The maximum atomic E-state index is 6.06. The zero-order chi connectivity index (χ0) is 21.5. The molecule has 0 aliphatic heterocycles. The summed E-state index contributed by atoms with van der Waals surface area (Å²) in [5, 5.41) is 7.35. The van der Waals surface area contributed by atoms with E-state index in [1.807, 2.05) is 72.1 Å². The first-order chi connectivity index (χ1) is 15.7. The summed E-state index contributed by atoms with van der Waals surface area (Å²) in [5.41, 5.74) is 2.80. The summed E-state index contributed by atoms with van der Waals surface area (Å²) in [5.74, 6) is 2.10. The topological polar surface area (TPSA) is 61.5 Å². The Hall–Kier alpha value is -3.76. The Morgan fingerprint density at radius 3 is 2.48 bits per heavy atom. The molecule has 0 N–H and O–H groups in total. The first-order valence-corrected chi connectivity index (χ1v) is 10.1. The van der Waals surface area contributed by atoms with Gasteiger partial charge >= 0.3 is 21.1 Å². The van der Waals surface area contributed by atoms with Gasteiger partial charge in [0.1, 0.15) is 6.33 Å². The fraction of sp³-hybridized carbons (Fsp3) is 0.0385. The second kappa shape index (κ2) is 8.64. The first-order valence-electron chi connectivity index (χ1n) is 10.1. The molecule has 0 amide bonds. The van der Waals surface area contributed by atoms with Crippen molar-refractivity contribution in [3.05, 3.63) is 97.0 Å². The molecule has 0 unspecified atom stereocenters. The molecule has 3 aromatic carbocycles. The Kier molecular flexibility index (Phi) is 5.53. The van der Waals surface area contributed by atoms with Crippen molar-refractivity contribution in [3.63, 3.8) is 0 Å². The van der Waals surface area contributed by atoms with Gasteiger partial charge in [0.2, 0.25) is 5.88 Å². The molecule has 6 aromatic rings. The van der Waals surface area contributed by atoms with Gasteiger partial charge in [-0.05, 0) is 30.0 Å². The number of hydrogen-bond donors (Lipinski definition) is 0. The van der Waals surface area contributed by atoms with Crippen LogP contribution in [0.1, 0.15) is 5.56 Å². The molecule has 3 aromatic heterocycles. The second-order valence-corrected chi connectivity index (χ2v) is 7.38. The van der Waals surface area contributed by atoms with Crippen molar-refractivity contribution in [2.24, 2.45) is 0 Å². The van der Waals surface area contributed by atoms with Gasteiger partial charge in [0.25, 0.3) is 0 Å². The number of ether oxygens (including phenoxy) is 2. The molecule has 0 aliphatic rings. The summed E-state index contributed by atoms with van der Waals surface area (Å²) in [6, 6.07) is 27.8. The number of aryl methyl sites for hydroxylation is 1. The van der Waals surface area contributed by atoms with E-state index in [0.717, 1.165) is 32.9 Å². The van der Waals surface area contributed by atoms with Crippen molar-refractivity contribution in [2.75, 3.05) is 0 Å². The molecule has 7 heteroatoms. The van der Waals surface area contributed by atoms with Crippen molar-refractivity contribution in [2.45, 2.75) is 6.92 Å². The average molecular weight is 612 g/mol. The normalized spacial score (nSPS) is 10.9. The summed E-state index contributed by atoms with van der Waals surface area (Å²) in [6.07, 6.45) is 3.26. The van der Waals surface area contributed by atoms with E-state index in [9.17, 15) is 0 Å². The van der Waals surface area contributed by atoms with Crippen LogP contribution < -0.4 is 9.47 Å². The van der Waals surface area contributed by atoms with Gasteiger partial charge in [-0.3, -0.25) is 9.50 Å². The van der Waals surface area contributed by atoms with E-state index in [1.54, 1.807) is 12.5 Å². The van der Waals surface area contributed by atoms with E-state index in [4.69, 9.17) is 9.47 Å². The molecular formula is C26H16N4O2Pt. The zero-order valence-electron chi connectivity index (χ0n) is 17.4. The fourth-order valence-corrected chi connectivity index (χ4v) is 3.75. The van der Waals surface area contributed by atoms with Crippen molar-refractivity contribution in [3.8, 4) is 23.1 Å². The minimum absolute atomic E-state index is 0. The maximum Gasteiger partial charge on any atom is 2.00 e. The minimum atomic E-state index is 0. The number of rotatable bonds is 4. The van der Waals surface area contributed by atoms with Gasteiger partial charge < -0.3 is 9.47 Å². The molecule has 0 fully saturated rings. The molecule has 0 aliphatic carbocycles. The quantitative estimate of drug-likeness (QED) is 0.183. The molecular weight excluding hydrogens is 595 g/mol. The third kappa shape index (κ3) is 3.94. The standard InChI is InChI=1S/C26H16N4O2.Pt/c1-17-11-12-27-25(13-17)32-19-6-4-5-18(14-19)31-20-9-10-21-22-7-2-3-8-24(22)30-26(23(21)15-20)28-16-29-30;/h2-13,16H,1H3;/q-2;+2. The molecule has 0 bridgehead atoms. The summed E-state index contributed by atoms with van der Waals surface area (Å²) in [7, 11) is 0. The largest absolute Gasteiger partial charge is 2.00 e. The van der Waals surface area contributed by atoms with Gasteiger partial charge in [-0.2, -0.15) is 11.2 Å². The number of para-hydroxylation sites is 1. The van der Waals surface area contributed by atoms with Crippen LogP contribution in [0.25, 0.3) is 27.3 Å². The van der Waals surface area contributed by atoms with Crippen LogP contribution in [-0.2, 0) is 21.1 Å². The van der Waals surface area contributed by atoms with Gasteiger partial charge in [0, 0.05) is 29.5 Å². The number of nitrogens with zero attached hydrogens (tertiary/aromatic N) is 4. The summed E-state index contributed by atoms with van der Waals surface area (Å²) in [4.78, 5) is 8.67. The molecule has 0 saturated heterocycles. The third-order valence-corrected chi connectivity index (χ3v) is 5.18. The molecule has 6 rings (SSSR count). The van der Waals surface area contributed by atoms with Gasteiger partial charge in [-0.1, -0.05) is 41.1 Å². The van der Waals surface area contributed by atoms with Crippen LogP contribution in [0.2, 0.25) is 0 Å². The van der Waals surface area contributed by atoms with Crippen molar-refractivity contribution >= 4 is 27.3 Å². The summed E-state index contributed by atoms with van der Waals surface area (Å²) in [6.45, 7) is 1.99. The minimum Gasteiger partial charge on any atom is -0.503 e. The molecule has 162 valence electrons. The van der Waals surface area contributed by atoms with E-state index >= 15 is 0 Å². The van der Waals surface area contributed by atoms with Crippen molar-refractivity contribution < 1.29 is 30.5 Å². The Morgan fingerprint density at radius 1 is 0.788 bits per heavy atom. The van der Waals surface area contributed by atoms with Crippen molar-refractivity contribution in [1.29, 1.82) is 0 Å². The predicted octanol–water partition coefficient (Wildman–Crippen LogP) is 5.92. The Balaban J connectivity index is 0.00000228. The summed E-state index contributed by atoms with van der Waals surface area (Å²) < 4.78 is 13.7. The average Bonchev–Trinajstić information content (AvgIpc) is 3.30. The van der Waals surface area contributed by atoms with E-state index in [1.165, 1.54) is 0 Å². The van der Waals surface area contributed by atoms with Crippen LogP contribution in [0.15, 0.2) is 79.3 Å². The van der Waals surface area contributed by atoms with Crippen LogP contribution >= 0.6 is 0 Å². The molecule has 0 atom stereocenters. The van der Waals surface area contributed by atoms with E-state index in [-0.39, 0.29) is 21.1 Å². The Labute approximate surface area is 204 Å². The van der Waals surface area contributed by atoms with Crippen LogP contribution in [0.4, 0.5) is 0 Å². The molecule has 6 nitrogen and oxygen atoms in total. The van der Waals surface area contributed by atoms with E-state index in [0.29, 0.717) is 23.1 Å². The number of hydrogen-bond acceptors (Lipinski definition) is 5. The van der Waals surface area contributed by atoms with Gasteiger partial charge in [-0.15, -0.1) is 24.3 Å². The van der Waals surface area contributed by atoms with Crippen LogP contribution in [0.5, 0.6) is 23.1 Å². The van der Waals surface area contributed by atoms with Gasteiger partial charge in [0.05, 0.1) is 11.2 Å². The van der Waals surface area contributed by atoms with Crippen molar-refractivity contribution in [1.82, 2.24) is 19.6 Å². The first kappa shape index (κ1) is 21.1.